The van der Waals surface area contributed by atoms with Gasteiger partial charge in [0.25, 0.3) is 0 Å². The fourth-order valence-electron chi connectivity index (χ4n) is 2.24. The largest absolute Gasteiger partial charge is 0.376 e. The smallest absolute Gasteiger partial charge is 0.0569 e. The van der Waals surface area contributed by atoms with E-state index in [1.54, 1.807) is 0 Å². The van der Waals surface area contributed by atoms with Crippen LogP contribution >= 0.6 is 0 Å². The molecule has 2 aromatic carbocycles. The molecule has 0 radical (unpaired) electrons. The summed E-state index contributed by atoms with van der Waals surface area (Å²) in [4.78, 5) is 0. The Morgan fingerprint density at radius 3 is 1.95 bits per heavy atom. The Bertz CT molecular complexity index is 509. The van der Waals surface area contributed by atoms with E-state index in [1.807, 2.05) is 6.07 Å². The normalized spacial score (nSPS) is 11.6. The lowest BCUT2D eigenvalue weighted by atomic mass is 9.91. The van der Waals surface area contributed by atoms with Gasteiger partial charge in [-0.05, 0) is 43.0 Å². The molecule has 19 heavy (non-hydrogen) atoms. The van der Waals surface area contributed by atoms with Crippen LogP contribution in [-0.2, 0) is 5.54 Å². The lowest BCUT2D eigenvalue weighted by Crippen LogP contribution is -2.27. The molecule has 0 fully saturated rings. The van der Waals surface area contributed by atoms with Crippen LogP contribution < -0.4 is 5.32 Å². The van der Waals surface area contributed by atoms with Crippen molar-refractivity contribution in [2.75, 3.05) is 5.32 Å². The summed E-state index contributed by atoms with van der Waals surface area (Å²) < 4.78 is 0. The van der Waals surface area contributed by atoms with E-state index in [9.17, 15) is 0 Å². The second-order valence-electron chi connectivity index (χ2n) is 5.89. The van der Waals surface area contributed by atoms with E-state index >= 15 is 0 Å². The molecular formula is C18H23N. The molecule has 0 amide bonds. The molecular weight excluding hydrogens is 230 g/mol. The second kappa shape index (κ2) is 5.48. The fraction of sp³-hybridized carbons (Fsp3) is 0.333. The Balaban J connectivity index is 2.19. The van der Waals surface area contributed by atoms with Crippen molar-refractivity contribution in [1.29, 1.82) is 0 Å². The highest BCUT2D eigenvalue weighted by Crippen LogP contribution is 2.26. The number of hydrogen-bond acceptors (Lipinski definition) is 1. The molecule has 0 bridgehead atoms. The zero-order chi connectivity index (χ0) is 13.9. The minimum Gasteiger partial charge on any atom is -0.376 e. The monoisotopic (exact) mass is 253 g/mol. The molecule has 0 aliphatic carbocycles. The van der Waals surface area contributed by atoms with Gasteiger partial charge >= 0.3 is 0 Å². The van der Waals surface area contributed by atoms with Crippen molar-refractivity contribution in [2.45, 2.75) is 39.2 Å². The first-order valence-corrected chi connectivity index (χ1v) is 6.93. The van der Waals surface area contributed by atoms with Crippen molar-refractivity contribution >= 4 is 5.69 Å². The molecule has 0 aliphatic rings. The van der Waals surface area contributed by atoms with Crippen LogP contribution in [0.25, 0.3) is 0 Å². The second-order valence-corrected chi connectivity index (χ2v) is 5.89. The number of rotatable bonds is 4. The Kier molecular flexibility index (Phi) is 3.94. The summed E-state index contributed by atoms with van der Waals surface area (Å²) in [5, 5.41) is 3.58. The van der Waals surface area contributed by atoms with E-state index in [-0.39, 0.29) is 5.54 Å². The predicted molar refractivity (Wildman–Crippen MR) is 83.6 cm³/mol. The number of para-hydroxylation sites is 1. The molecule has 1 nitrogen and oxygen atoms in total. The molecule has 0 unspecified atom stereocenters. The summed E-state index contributed by atoms with van der Waals surface area (Å²) in [7, 11) is 0. The molecule has 0 spiro atoms. The highest BCUT2D eigenvalue weighted by atomic mass is 15.0. The van der Waals surface area contributed by atoms with Crippen LogP contribution in [0.1, 0.15) is 44.7 Å². The maximum atomic E-state index is 3.58. The number of benzene rings is 2. The first kappa shape index (κ1) is 13.7. The lowest BCUT2D eigenvalue weighted by Gasteiger charge is -2.28. The standard InChI is InChI=1S/C18H23N/c1-14(2)15-10-12-16(13-11-15)18(3,4)19-17-8-6-5-7-9-17/h5-14,19H,1-4H3. The van der Waals surface area contributed by atoms with Gasteiger partial charge in [0.2, 0.25) is 0 Å². The third kappa shape index (κ3) is 3.37. The number of hydrogen-bond donors (Lipinski definition) is 1. The molecule has 2 rings (SSSR count). The van der Waals surface area contributed by atoms with Crippen LogP contribution in [0.2, 0.25) is 0 Å². The zero-order valence-corrected chi connectivity index (χ0v) is 12.3. The van der Waals surface area contributed by atoms with E-state index in [1.165, 1.54) is 11.1 Å². The average molecular weight is 253 g/mol. The van der Waals surface area contributed by atoms with Crippen LogP contribution in [0, 0.1) is 0 Å². The zero-order valence-electron chi connectivity index (χ0n) is 12.3. The molecule has 0 aromatic heterocycles. The predicted octanol–water partition coefficient (Wildman–Crippen LogP) is 5.16. The minimum atomic E-state index is -0.0726. The summed E-state index contributed by atoms with van der Waals surface area (Å²) >= 11 is 0. The quantitative estimate of drug-likeness (QED) is 0.794. The first-order chi connectivity index (χ1) is 8.99. The molecule has 0 saturated carbocycles. The van der Waals surface area contributed by atoms with E-state index in [4.69, 9.17) is 0 Å². The van der Waals surface area contributed by atoms with Gasteiger partial charge in [0, 0.05) is 5.69 Å². The molecule has 1 N–H and O–H groups in total. The highest BCUT2D eigenvalue weighted by molar-refractivity contribution is 5.47. The van der Waals surface area contributed by atoms with Gasteiger partial charge in [0.15, 0.2) is 0 Å². The van der Waals surface area contributed by atoms with Crippen molar-refractivity contribution in [2.24, 2.45) is 0 Å². The summed E-state index contributed by atoms with van der Waals surface area (Å²) in [5.41, 5.74) is 3.78. The summed E-state index contributed by atoms with van der Waals surface area (Å²) in [6.45, 7) is 8.87. The summed E-state index contributed by atoms with van der Waals surface area (Å²) in [6, 6.07) is 19.3. The van der Waals surface area contributed by atoms with Crippen LogP contribution in [0.4, 0.5) is 5.69 Å². The van der Waals surface area contributed by atoms with Gasteiger partial charge in [-0.25, -0.2) is 0 Å². The van der Waals surface area contributed by atoms with Gasteiger partial charge in [0.05, 0.1) is 5.54 Å². The SMILES string of the molecule is CC(C)c1ccc(C(C)(C)Nc2ccccc2)cc1. The minimum absolute atomic E-state index is 0.0726. The van der Waals surface area contributed by atoms with E-state index in [0.717, 1.165) is 5.69 Å². The Labute approximate surface area is 116 Å². The van der Waals surface area contributed by atoms with Gasteiger partial charge in [-0.1, -0.05) is 56.3 Å². The summed E-state index contributed by atoms with van der Waals surface area (Å²) in [5.74, 6) is 0.583. The molecule has 100 valence electrons. The third-order valence-electron chi connectivity index (χ3n) is 3.53. The van der Waals surface area contributed by atoms with E-state index in [0.29, 0.717) is 5.92 Å². The van der Waals surface area contributed by atoms with Crippen molar-refractivity contribution in [1.82, 2.24) is 0 Å². The highest BCUT2D eigenvalue weighted by Gasteiger charge is 2.19. The Morgan fingerprint density at radius 2 is 1.42 bits per heavy atom. The van der Waals surface area contributed by atoms with Gasteiger partial charge in [0.1, 0.15) is 0 Å². The van der Waals surface area contributed by atoms with Gasteiger partial charge < -0.3 is 5.32 Å². The number of anilines is 1. The maximum Gasteiger partial charge on any atom is 0.0569 e. The summed E-state index contributed by atoms with van der Waals surface area (Å²) in [6.07, 6.45) is 0. The molecule has 0 aliphatic heterocycles. The van der Waals surface area contributed by atoms with E-state index < -0.39 is 0 Å². The lowest BCUT2D eigenvalue weighted by molar-refractivity contribution is 0.609. The molecule has 0 saturated heterocycles. The van der Waals surface area contributed by atoms with Crippen molar-refractivity contribution in [3.63, 3.8) is 0 Å². The van der Waals surface area contributed by atoms with Gasteiger partial charge in [-0.2, -0.15) is 0 Å². The van der Waals surface area contributed by atoms with Crippen LogP contribution in [0.5, 0.6) is 0 Å². The molecule has 1 heteroatoms. The fourth-order valence-corrected chi connectivity index (χ4v) is 2.24. The molecule has 0 heterocycles. The van der Waals surface area contributed by atoms with Crippen LogP contribution in [0.15, 0.2) is 54.6 Å². The Hall–Kier alpha value is -1.76. The van der Waals surface area contributed by atoms with Crippen LogP contribution in [-0.4, -0.2) is 0 Å². The third-order valence-corrected chi connectivity index (χ3v) is 3.53. The van der Waals surface area contributed by atoms with Gasteiger partial charge in [-0.3, -0.25) is 0 Å². The van der Waals surface area contributed by atoms with Crippen LogP contribution in [0.3, 0.4) is 0 Å². The van der Waals surface area contributed by atoms with Crippen molar-refractivity contribution < 1.29 is 0 Å². The molecule has 2 aromatic rings. The van der Waals surface area contributed by atoms with E-state index in [2.05, 4.69) is 81.5 Å². The Morgan fingerprint density at radius 1 is 0.842 bits per heavy atom. The molecule has 0 atom stereocenters. The topological polar surface area (TPSA) is 12.0 Å². The average Bonchev–Trinajstić information content (AvgIpc) is 2.39. The van der Waals surface area contributed by atoms with Crippen molar-refractivity contribution in [3.8, 4) is 0 Å². The number of nitrogens with one attached hydrogen (secondary N) is 1. The van der Waals surface area contributed by atoms with Gasteiger partial charge in [-0.15, -0.1) is 0 Å². The first-order valence-electron chi connectivity index (χ1n) is 6.93. The maximum absolute atomic E-state index is 3.58. The van der Waals surface area contributed by atoms with Crippen molar-refractivity contribution in [3.05, 3.63) is 65.7 Å².